The SMILES string of the molecule is Cc1nn(-c2ccc(Cl)cc2)c2sc(C(=O)NC3CCN(Cc4ccccc4)CC3)cc12.Cl. The first-order valence-corrected chi connectivity index (χ1v) is 12.1. The van der Waals surface area contributed by atoms with Gasteiger partial charge in [-0.05, 0) is 55.7 Å². The Balaban J connectivity index is 0.00000259. The van der Waals surface area contributed by atoms with Gasteiger partial charge in [-0.1, -0.05) is 41.9 Å². The molecule has 1 aliphatic rings. The summed E-state index contributed by atoms with van der Waals surface area (Å²) in [5, 5.41) is 9.62. The number of hydrogen-bond acceptors (Lipinski definition) is 4. The van der Waals surface area contributed by atoms with Crippen LogP contribution in [-0.2, 0) is 6.54 Å². The number of aryl methyl sites for hydroxylation is 1. The van der Waals surface area contributed by atoms with E-state index >= 15 is 0 Å². The van der Waals surface area contributed by atoms with E-state index < -0.39 is 0 Å². The van der Waals surface area contributed by atoms with Crippen molar-refractivity contribution < 1.29 is 4.79 Å². The summed E-state index contributed by atoms with van der Waals surface area (Å²) < 4.78 is 1.89. The molecule has 0 saturated carbocycles. The maximum Gasteiger partial charge on any atom is 0.261 e. The number of halogens is 2. The molecular formula is C25H26Cl2N4OS. The van der Waals surface area contributed by atoms with Crippen LogP contribution in [-0.4, -0.2) is 39.7 Å². The predicted molar refractivity (Wildman–Crippen MR) is 138 cm³/mol. The third kappa shape index (κ3) is 5.25. The molecule has 0 spiro atoms. The molecule has 4 aromatic rings. The highest BCUT2D eigenvalue weighted by Gasteiger charge is 2.23. The predicted octanol–water partition coefficient (Wildman–Crippen LogP) is 5.87. The van der Waals surface area contributed by atoms with Crippen LogP contribution in [0.25, 0.3) is 15.9 Å². The maximum atomic E-state index is 13.0. The third-order valence-corrected chi connectivity index (χ3v) is 7.37. The largest absolute Gasteiger partial charge is 0.349 e. The summed E-state index contributed by atoms with van der Waals surface area (Å²) >= 11 is 7.52. The molecule has 1 amide bonds. The minimum atomic E-state index is 0. The number of amides is 1. The highest BCUT2D eigenvalue weighted by atomic mass is 35.5. The number of nitrogens with one attached hydrogen (secondary N) is 1. The van der Waals surface area contributed by atoms with Gasteiger partial charge in [0.1, 0.15) is 4.83 Å². The number of fused-ring (bicyclic) bond motifs is 1. The maximum absolute atomic E-state index is 13.0. The molecule has 0 bridgehead atoms. The third-order valence-electron chi connectivity index (χ3n) is 6.01. The van der Waals surface area contributed by atoms with E-state index in [2.05, 4.69) is 39.6 Å². The molecule has 0 unspecified atom stereocenters. The molecule has 33 heavy (non-hydrogen) atoms. The fourth-order valence-corrected chi connectivity index (χ4v) is 5.46. The van der Waals surface area contributed by atoms with Gasteiger partial charge in [0.05, 0.1) is 16.3 Å². The van der Waals surface area contributed by atoms with Gasteiger partial charge in [0, 0.05) is 36.1 Å². The number of rotatable bonds is 5. The monoisotopic (exact) mass is 500 g/mol. The Labute approximate surface area is 208 Å². The fourth-order valence-electron chi connectivity index (χ4n) is 4.25. The Bertz CT molecular complexity index is 1230. The van der Waals surface area contributed by atoms with Gasteiger partial charge in [0.15, 0.2) is 0 Å². The summed E-state index contributed by atoms with van der Waals surface area (Å²) in [4.78, 5) is 17.2. The first-order chi connectivity index (χ1) is 15.6. The average Bonchev–Trinajstić information content (AvgIpc) is 3.37. The van der Waals surface area contributed by atoms with Crippen LogP contribution >= 0.6 is 35.3 Å². The molecule has 1 saturated heterocycles. The van der Waals surface area contributed by atoms with Gasteiger partial charge in [-0.2, -0.15) is 5.10 Å². The lowest BCUT2D eigenvalue weighted by molar-refractivity contribution is 0.0913. The lowest BCUT2D eigenvalue weighted by Crippen LogP contribution is -2.44. The van der Waals surface area contributed by atoms with E-state index in [1.165, 1.54) is 16.9 Å². The Morgan fingerprint density at radius 3 is 2.52 bits per heavy atom. The standard InChI is InChI=1S/C25H25ClN4OS.ClH/c1-17-22-15-23(32-25(22)30(28-17)21-9-7-19(26)8-10-21)24(31)27-20-11-13-29(14-12-20)16-18-5-3-2-4-6-18;/h2-10,15,20H,11-14,16H2,1H3,(H,27,31);1H. The molecule has 1 fully saturated rings. The lowest BCUT2D eigenvalue weighted by atomic mass is 10.0. The topological polar surface area (TPSA) is 50.2 Å². The van der Waals surface area contributed by atoms with Gasteiger partial charge in [0.2, 0.25) is 0 Å². The van der Waals surface area contributed by atoms with Crippen molar-refractivity contribution in [1.29, 1.82) is 0 Å². The van der Waals surface area contributed by atoms with Crippen molar-refractivity contribution in [3.05, 3.63) is 81.8 Å². The van der Waals surface area contributed by atoms with Crippen molar-refractivity contribution >= 4 is 51.5 Å². The number of hydrogen-bond donors (Lipinski definition) is 1. The van der Waals surface area contributed by atoms with Gasteiger partial charge in [0.25, 0.3) is 5.91 Å². The molecule has 3 heterocycles. The normalized spacial score (nSPS) is 14.8. The minimum Gasteiger partial charge on any atom is -0.349 e. The Hall–Kier alpha value is -2.38. The van der Waals surface area contributed by atoms with Crippen LogP contribution in [0.5, 0.6) is 0 Å². The molecule has 0 aliphatic carbocycles. The van der Waals surface area contributed by atoms with Crippen LogP contribution in [0.1, 0.15) is 33.8 Å². The molecule has 8 heteroatoms. The summed E-state index contributed by atoms with van der Waals surface area (Å²) in [5.74, 6) is 0.00904. The zero-order chi connectivity index (χ0) is 22.1. The van der Waals surface area contributed by atoms with E-state index in [9.17, 15) is 4.79 Å². The number of nitrogens with zero attached hydrogens (tertiary/aromatic N) is 3. The van der Waals surface area contributed by atoms with Crippen LogP contribution < -0.4 is 5.32 Å². The number of aromatic nitrogens is 2. The summed E-state index contributed by atoms with van der Waals surface area (Å²) in [6.07, 6.45) is 1.95. The van der Waals surface area contributed by atoms with Crippen LogP contribution in [0.3, 0.4) is 0 Å². The number of carbonyl (C=O) groups excluding carboxylic acids is 1. The number of likely N-dealkylation sites (tertiary alicyclic amines) is 1. The molecule has 0 radical (unpaired) electrons. The second-order valence-electron chi connectivity index (χ2n) is 8.31. The van der Waals surface area contributed by atoms with Gasteiger partial charge >= 0.3 is 0 Å². The van der Waals surface area contributed by atoms with Gasteiger partial charge in [-0.25, -0.2) is 4.68 Å². The van der Waals surface area contributed by atoms with E-state index in [0.29, 0.717) is 5.02 Å². The molecule has 5 rings (SSSR count). The van der Waals surface area contributed by atoms with E-state index in [0.717, 1.165) is 59.0 Å². The van der Waals surface area contributed by atoms with Gasteiger partial charge in [-0.15, -0.1) is 23.7 Å². The number of carbonyl (C=O) groups is 1. The highest BCUT2D eigenvalue weighted by Crippen LogP contribution is 2.31. The van der Waals surface area contributed by atoms with E-state index in [4.69, 9.17) is 11.6 Å². The van der Waals surface area contributed by atoms with Crippen molar-refractivity contribution in [3.8, 4) is 5.69 Å². The first kappa shape index (κ1) is 23.8. The second-order valence-corrected chi connectivity index (χ2v) is 9.78. The molecule has 2 aromatic carbocycles. The number of piperidine rings is 1. The molecule has 2 aromatic heterocycles. The van der Waals surface area contributed by atoms with Crippen LogP contribution in [0.4, 0.5) is 0 Å². The molecule has 172 valence electrons. The van der Waals surface area contributed by atoms with Crippen molar-refractivity contribution in [2.75, 3.05) is 13.1 Å². The molecule has 0 atom stereocenters. The number of thiophene rings is 1. The molecule has 5 nitrogen and oxygen atoms in total. The molecule has 1 N–H and O–H groups in total. The van der Waals surface area contributed by atoms with Crippen LogP contribution in [0.15, 0.2) is 60.7 Å². The summed E-state index contributed by atoms with van der Waals surface area (Å²) in [5.41, 5.74) is 3.19. The first-order valence-electron chi connectivity index (χ1n) is 10.9. The summed E-state index contributed by atoms with van der Waals surface area (Å²) in [6.45, 7) is 4.94. The fraction of sp³-hybridized carbons (Fsp3) is 0.280. The average molecular weight is 501 g/mol. The molecule has 1 aliphatic heterocycles. The minimum absolute atomic E-state index is 0. The van der Waals surface area contributed by atoms with Crippen molar-refractivity contribution in [3.63, 3.8) is 0 Å². The summed E-state index contributed by atoms with van der Waals surface area (Å²) in [6, 6.07) is 20.3. The quantitative estimate of drug-likeness (QED) is 0.373. The second kappa shape index (κ2) is 10.3. The Kier molecular flexibility index (Phi) is 7.39. The Morgan fingerprint density at radius 1 is 1.12 bits per heavy atom. The van der Waals surface area contributed by atoms with Crippen molar-refractivity contribution in [2.45, 2.75) is 32.4 Å². The van der Waals surface area contributed by atoms with Gasteiger partial charge in [-0.3, -0.25) is 9.69 Å². The zero-order valence-electron chi connectivity index (χ0n) is 18.3. The summed E-state index contributed by atoms with van der Waals surface area (Å²) in [7, 11) is 0. The highest BCUT2D eigenvalue weighted by molar-refractivity contribution is 7.20. The van der Waals surface area contributed by atoms with E-state index in [1.807, 2.05) is 48.0 Å². The lowest BCUT2D eigenvalue weighted by Gasteiger charge is -2.32. The van der Waals surface area contributed by atoms with E-state index in [-0.39, 0.29) is 24.4 Å². The van der Waals surface area contributed by atoms with Crippen molar-refractivity contribution in [1.82, 2.24) is 20.0 Å². The molecular weight excluding hydrogens is 475 g/mol. The zero-order valence-corrected chi connectivity index (χ0v) is 20.7. The van der Waals surface area contributed by atoms with Gasteiger partial charge < -0.3 is 5.32 Å². The number of benzene rings is 2. The Morgan fingerprint density at radius 2 is 1.82 bits per heavy atom. The van der Waals surface area contributed by atoms with Crippen LogP contribution in [0.2, 0.25) is 5.02 Å². The smallest absolute Gasteiger partial charge is 0.261 e. The van der Waals surface area contributed by atoms with Crippen molar-refractivity contribution in [2.24, 2.45) is 0 Å². The van der Waals surface area contributed by atoms with Crippen LogP contribution in [0, 0.1) is 6.92 Å². The van der Waals surface area contributed by atoms with E-state index in [1.54, 1.807) is 0 Å².